The van der Waals surface area contributed by atoms with E-state index in [4.69, 9.17) is 13.9 Å². The lowest BCUT2D eigenvalue weighted by atomic mass is 10.1. The van der Waals surface area contributed by atoms with Gasteiger partial charge < -0.3 is 19.2 Å². The molecule has 1 aromatic heterocycles. The fourth-order valence-electron chi connectivity index (χ4n) is 1.96. The van der Waals surface area contributed by atoms with Crippen molar-refractivity contribution in [3.05, 3.63) is 52.5 Å². The van der Waals surface area contributed by atoms with Gasteiger partial charge in [-0.05, 0) is 18.2 Å². The predicted molar refractivity (Wildman–Crippen MR) is 76.5 cm³/mol. The van der Waals surface area contributed by atoms with Crippen molar-refractivity contribution in [3.8, 4) is 11.5 Å². The lowest BCUT2D eigenvalue weighted by molar-refractivity contribution is -0.482. The molecule has 0 fully saturated rings. The van der Waals surface area contributed by atoms with Crippen molar-refractivity contribution in [3.63, 3.8) is 0 Å². The minimum absolute atomic E-state index is 0.269. The van der Waals surface area contributed by atoms with Crippen LogP contribution in [0.1, 0.15) is 11.6 Å². The van der Waals surface area contributed by atoms with E-state index < -0.39 is 6.04 Å². The van der Waals surface area contributed by atoms with Crippen LogP contribution in [-0.4, -0.2) is 25.7 Å². The van der Waals surface area contributed by atoms with Crippen LogP contribution < -0.4 is 14.8 Å². The summed E-state index contributed by atoms with van der Waals surface area (Å²) in [6.45, 7) is -0.269. The van der Waals surface area contributed by atoms with Gasteiger partial charge in [0.25, 0.3) is 0 Å². The fourth-order valence-corrected chi connectivity index (χ4v) is 1.96. The molecule has 21 heavy (non-hydrogen) atoms. The average molecular weight is 292 g/mol. The molecule has 0 bridgehead atoms. The highest BCUT2D eigenvalue weighted by Crippen LogP contribution is 2.32. The summed E-state index contributed by atoms with van der Waals surface area (Å²) in [6.07, 6.45) is 2.96. The smallest absolute Gasteiger partial charge is 0.228 e. The summed E-state index contributed by atoms with van der Waals surface area (Å²) in [7, 11) is 3.09. The number of anilines is 1. The second-order valence-electron chi connectivity index (χ2n) is 4.34. The van der Waals surface area contributed by atoms with Gasteiger partial charge in [-0.2, -0.15) is 0 Å². The minimum Gasteiger partial charge on any atom is -0.497 e. The number of nitrogens with zero attached hydrogens (tertiary/aromatic N) is 1. The van der Waals surface area contributed by atoms with E-state index in [0.717, 1.165) is 0 Å². The summed E-state index contributed by atoms with van der Waals surface area (Å²) >= 11 is 0. The molecule has 0 saturated heterocycles. The van der Waals surface area contributed by atoms with Gasteiger partial charge in [0.1, 0.15) is 17.5 Å². The van der Waals surface area contributed by atoms with Crippen LogP contribution in [0.2, 0.25) is 0 Å². The van der Waals surface area contributed by atoms with Crippen molar-refractivity contribution in [1.82, 2.24) is 0 Å². The SMILES string of the molecule is COc1ccc(N[C@H](C[N+](=O)[O-])c2ccoc2)c(OC)c1. The van der Waals surface area contributed by atoms with Crippen LogP contribution in [0, 0.1) is 10.1 Å². The fraction of sp³-hybridized carbons (Fsp3) is 0.286. The maximum atomic E-state index is 10.8. The molecule has 7 nitrogen and oxygen atoms in total. The Morgan fingerprint density at radius 3 is 2.71 bits per heavy atom. The number of methoxy groups -OCH3 is 2. The Balaban J connectivity index is 2.26. The monoisotopic (exact) mass is 292 g/mol. The first-order chi connectivity index (χ1) is 10.1. The highest BCUT2D eigenvalue weighted by atomic mass is 16.6. The number of nitro groups is 1. The zero-order valence-corrected chi connectivity index (χ0v) is 11.7. The Hall–Kier alpha value is -2.70. The van der Waals surface area contributed by atoms with Crippen LogP contribution in [0.3, 0.4) is 0 Å². The van der Waals surface area contributed by atoms with Crippen LogP contribution in [0.25, 0.3) is 0 Å². The number of hydrogen-bond donors (Lipinski definition) is 1. The van der Waals surface area contributed by atoms with Gasteiger partial charge in [-0.15, -0.1) is 0 Å². The van der Waals surface area contributed by atoms with E-state index in [-0.39, 0.29) is 11.5 Å². The molecule has 1 heterocycles. The van der Waals surface area contributed by atoms with Crippen molar-refractivity contribution in [2.75, 3.05) is 26.1 Å². The molecular weight excluding hydrogens is 276 g/mol. The number of ether oxygens (including phenoxy) is 2. The number of hydrogen-bond acceptors (Lipinski definition) is 6. The average Bonchev–Trinajstić information content (AvgIpc) is 3.00. The first-order valence-corrected chi connectivity index (χ1v) is 6.26. The highest BCUT2D eigenvalue weighted by molar-refractivity contribution is 5.60. The van der Waals surface area contributed by atoms with E-state index in [1.54, 1.807) is 31.4 Å². The minimum atomic E-state index is -0.513. The normalized spacial score (nSPS) is 11.7. The van der Waals surface area contributed by atoms with Gasteiger partial charge in [-0.25, -0.2) is 0 Å². The van der Waals surface area contributed by atoms with E-state index >= 15 is 0 Å². The second-order valence-corrected chi connectivity index (χ2v) is 4.34. The van der Waals surface area contributed by atoms with Gasteiger partial charge in [-0.3, -0.25) is 10.1 Å². The van der Waals surface area contributed by atoms with Gasteiger partial charge in [0.2, 0.25) is 6.54 Å². The number of benzene rings is 1. The summed E-state index contributed by atoms with van der Waals surface area (Å²) in [5.74, 6) is 1.19. The summed E-state index contributed by atoms with van der Waals surface area (Å²) < 4.78 is 15.4. The van der Waals surface area contributed by atoms with Crippen LogP contribution in [-0.2, 0) is 0 Å². The molecule has 112 valence electrons. The molecule has 0 saturated carbocycles. The van der Waals surface area contributed by atoms with Gasteiger partial charge in [0.05, 0.1) is 32.4 Å². The number of rotatable bonds is 7. The lowest BCUT2D eigenvalue weighted by Gasteiger charge is -2.17. The predicted octanol–water partition coefficient (Wildman–Crippen LogP) is 2.73. The van der Waals surface area contributed by atoms with Gasteiger partial charge in [0, 0.05) is 16.6 Å². The highest BCUT2D eigenvalue weighted by Gasteiger charge is 2.20. The summed E-state index contributed by atoms with van der Waals surface area (Å²) in [4.78, 5) is 10.5. The van der Waals surface area contributed by atoms with Gasteiger partial charge in [-0.1, -0.05) is 0 Å². The van der Waals surface area contributed by atoms with Crippen LogP contribution in [0.15, 0.2) is 41.2 Å². The number of nitrogens with one attached hydrogen (secondary N) is 1. The molecule has 0 spiro atoms. The first kappa shape index (κ1) is 14.7. The van der Waals surface area contributed by atoms with Crippen LogP contribution in [0.4, 0.5) is 5.69 Å². The van der Waals surface area contributed by atoms with Gasteiger partial charge in [0.15, 0.2) is 0 Å². The Bertz CT molecular complexity index is 597. The maximum Gasteiger partial charge on any atom is 0.228 e. The summed E-state index contributed by atoms with van der Waals surface area (Å²) in [5.41, 5.74) is 1.34. The summed E-state index contributed by atoms with van der Waals surface area (Å²) in [6, 6.07) is 6.40. The molecule has 2 aromatic rings. The Labute approximate surface area is 121 Å². The standard InChI is InChI=1S/C14H16N2O5/c1-19-11-3-4-12(14(7-11)20-2)15-13(8-16(17)18)10-5-6-21-9-10/h3-7,9,13,15H,8H2,1-2H3/t13-/m1/s1. The third-order valence-electron chi connectivity index (χ3n) is 3.02. The molecule has 0 aliphatic rings. The van der Waals surface area contributed by atoms with Crippen molar-refractivity contribution < 1.29 is 18.8 Å². The van der Waals surface area contributed by atoms with Crippen LogP contribution >= 0.6 is 0 Å². The molecule has 0 amide bonds. The quantitative estimate of drug-likeness (QED) is 0.623. The maximum absolute atomic E-state index is 10.8. The van der Waals surface area contributed by atoms with E-state index in [9.17, 15) is 10.1 Å². The Morgan fingerprint density at radius 2 is 2.14 bits per heavy atom. The molecule has 1 atom stereocenters. The third-order valence-corrected chi connectivity index (χ3v) is 3.02. The molecule has 1 aromatic carbocycles. The second kappa shape index (κ2) is 6.65. The van der Waals surface area contributed by atoms with Crippen molar-refractivity contribution in [2.24, 2.45) is 0 Å². The van der Waals surface area contributed by atoms with Crippen molar-refractivity contribution in [2.45, 2.75) is 6.04 Å². The van der Waals surface area contributed by atoms with E-state index in [0.29, 0.717) is 22.7 Å². The zero-order valence-electron chi connectivity index (χ0n) is 11.7. The van der Waals surface area contributed by atoms with Crippen LogP contribution in [0.5, 0.6) is 11.5 Å². The van der Waals surface area contributed by atoms with E-state index in [1.807, 2.05) is 0 Å². The molecular formula is C14H16N2O5. The van der Waals surface area contributed by atoms with E-state index in [1.165, 1.54) is 19.6 Å². The molecule has 0 radical (unpaired) electrons. The Morgan fingerprint density at radius 1 is 1.33 bits per heavy atom. The molecule has 0 aliphatic carbocycles. The van der Waals surface area contributed by atoms with E-state index in [2.05, 4.69) is 5.32 Å². The topological polar surface area (TPSA) is 86.8 Å². The molecule has 0 aliphatic heterocycles. The molecule has 0 unspecified atom stereocenters. The molecule has 1 N–H and O–H groups in total. The summed E-state index contributed by atoms with van der Waals surface area (Å²) in [5, 5.41) is 13.9. The third kappa shape index (κ3) is 3.65. The lowest BCUT2D eigenvalue weighted by Crippen LogP contribution is -2.20. The van der Waals surface area contributed by atoms with Gasteiger partial charge >= 0.3 is 0 Å². The molecule has 7 heteroatoms. The molecule has 2 rings (SSSR count). The number of furan rings is 1. The zero-order chi connectivity index (χ0) is 15.2. The largest absolute Gasteiger partial charge is 0.497 e. The van der Waals surface area contributed by atoms with Crippen molar-refractivity contribution >= 4 is 5.69 Å². The van der Waals surface area contributed by atoms with Crippen molar-refractivity contribution in [1.29, 1.82) is 0 Å². The first-order valence-electron chi connectivity index (χ1n) is 6.26. The Kier molecular flexibility index (Phi) is 4.65.